The molecule has 0 atom stereocenters. The van der Waals surface area contributed by atoms with E-state index in [4.69, 9.17) is 11.6 Å². The van der Waals surface area contributed by atoms with Gasteiger partial charge in [0.15, 0.2) is 0 Å². The van der Waals surface area contributed by atoms with Gasteiger partial charge < -0.3 is 0 Å². The Morgan fingerprint density at radius 3 is 1.86 bits per heavy atom. The fourth-order valence-electron chi connectivity index (χ4n) is 0.820. The summed E-state index contributed by atoms with van der Waals surface area (Å²) in [5, 5.41) is 0. The van der Waals surface area contributed by atoms with Crippen molar-refractivity contribution in [2.75, 3.05) is 0 Å². The third-order valence-electron chi connectivity index (χ3n) is 1.47. The molecule has 2 rings (SSSR count). The van der Waals surface area contributed by atoms with Crippen molar-refractivity contribution < 1.29 is 0 Å². The molecule has 0 bridgehead atoms. The first-order valence-electron chi connectivity index (χ1n) is 4.23. The lowest BCUT2D eigenvalue weighted by molar-refractivity contribution is 1.17. The summed E-state index contributed by atoms with van der Waals surface area (Å²) >= 11 is 5.53. The van der Waals surface area contributed by atoms with Crippen molar-refractivity contribution in [3.05, 3.63) is 60.7 Å². The number of benzene rings is 1. The van der Waals surface area contributed by atoms with Crippen LogP contribution < -0.4 is 0 Å². The molecule has 3 heteroatoms. The summed E-state index contributed by atoms with van der Waals surface area (Å²) < 4.78 is 0. The quantitative estimate of drug-likeness (QED) is 0.671. The summed E-state index contributed by atoms with van der Waals surface area (Å²) in [6.07, 6.45) is 4.88. The van der Waals surface area contributed by atoms with Crippen molar-refractivity contribution in [2.45, 2.75) is 5.88 Å². The third kappa shape index (κ3) is 4.58. The van der Waals surface area contributed by atoms with E-state index in [0.29, 0.717) is 5.88 Å². The lowest BCUT2D eigenvalue weighted by Crippen LogP contribution is -1.71. The van der Waals surface area contributed by atoms with Gasteiger partial charge in [0.1, 0.15) is 6.33 Å². The van der Waals surface area contributed by atoms with E-state index in [2.05, 4.69) is 9.97 Å². The van der Waals surface area contributed by atoms with Crippen LogP contribution in [0, 0.1) is 0 Å². The highest BCUT2D eigenvalue weighted by molar-refractivity contribution is 6.17. The molecule has 14 heavy (non-hydrogen) atoms. The van der Waals surface area contributed by atoms with Crippen LogP contribution in [0.1, 0.15) is 5.56 Å². The topological polar surface area (TPSA) is 25.8 Å². The van der Waals surface area contributed by atoms with E-state index >= 15 is 0 Å². The minimum atomic E-state index is 0.612. The molecule has 0 amide bonds. The second-order valence-corrected chi connectivity index (χ2v) is 2.79. The molecule has 0 N–H and O–H groups in total. The van der Waals surface area contributed by atoms with Gasteiger partial charge in [0.05, 0.1) is 0 Å². The van der Waals surface area contributed by atoms with E-state index in [1.165, 1.54) is 11.9 Å². The first kappa shape index (κ1) is 10.7. The van der Waals surface area contributed by atoms with Crippen LogP contribution in [0.15, 0.2) is 55.1 Å². The van der Waals surface area contributed by atoms with Crippen LogP contribution in [0.5, 0.6) is 0 Å². The first-order valence-corrected chi connectivity index (χ1v) is 4.77. The monoisotopic (exact) mass is 206 g/mol. The number of halogens is 1. The molecule has 0 saturated carbocycles. The summed E-state index contributed by atoms with van der Waals surface area (Å²) in [4.78, 5) is 7.35. The van der Waals surface area contributed by atoms with Gasteiger partial charge in [-0.3, -0.25) is 0 Å². The van der Waals surface area contributed by atoms with Gasteiger partial charge in [0.2, 0.25) is 0 Å². The van der Waals surface area contributed by atoms with Crippen molar-refractivity contribution in [3.8, 4) is 0 Å². The Hall–Kier alpha value is -1.41. The Labute approximate surface area is 88.6 Å². The molecule has 0 unspecified atom stereocenters. The van der Waals surface area contributed by atoms with Gasteiger partial charge in [-0.2, -0.15) is 0 Å². The number of nitrogens with zero attached hydrogens (tertiary/aromatic N) is 2. The molecule has 0 fully saturated rings. The molecule has 0 aliphatic rings. The zero-order valence-corrected chi connectivity index (χ0v) is 8.43. The number of hydrogen-bond donors (Lipinski definition) is 0. The summed E-state index contributed by atoms with van der Waals surface area (Å²) in [5.74, 6) is 0.612. The van der Waals surface area contributed by atoms with Gasteiger partial charge in [-0.15, -0.1) is 11.6 Å². The number of aromatic nitrogens is 2. The zero-order chi connectivity index (χ0) is 10.1. The Morgan fingerprint density at radius 1 is 0.929 bits per heavy atom. The van der Waals surface area contributed by atoms with E-state index < -0.39 is 0 Å². The van der Waals surface area contributed by atoms with Crippen molar-refractivity contribution in [1.82, 2.24) is 9.97 Å². The predicted octanol–water partition coefficient (Wildman–Crippen LogP) is 2.90. The van der Waals surface area contributed by atoms with Crippen LogP contribution in [-0.2, 0) is 5.88 Å². The maximum Gasteiger partial charge on any atom is 0.115 e. The van der Waals surface area contributed by atoms with Gasteiger partial charge in [-0.05, 0) is 11.6 Å². The van der Waals surface area contributed by atoms with Crippen LogP contribution >= 0.6 is 11.6 Å². The van der Waals surface area contributed by atoms with Gasteiger partial charge in [-0.25, -0.2) is 9.97 Å². The van der Waals surface area contributed by atoms with E-state index in [9.17, 15) is 0 Å². The van der Waals surface area contributed by atoms with Gasteiger partial charge in [-0.1, -0.05) is 30.3 Å². The molecule has 2 aromatic rings. The highest BCUT2D eigenvalue weighted by Gasteiger charge is 1.81. The van der Waals surface area contributed by atoms with Crippen LogP contribution in [0.4, 0.5) is 0 Å². The van der Waals surface area contributed by atoms with E-state index in [1.54, 1.807) is 18.5 Å². The Morgan fingerprint density at radius 2 is 1.57 bits per heavy atom. The number of rotatable bonds is 1. The van der Waals surface area contributed by atoms with Crippen molar-refractivity contribution >= 4 is 11.6 Å². The second-order valence-electron chi connectivity index (χ2n) is 2.52. The highest BCUT2D eigenvalue weighted by atomic mass is 35.5. The van der Waals surface area contributed by atoms with Gasteiger partial charge in [0, 0.05) is 18.3 Å². The molecular formula is C11H11ClN2. The van der Waals surface area contributed by atoms with E-state index in [-0.39, 0.29) is 0 Å². The van der Waals surface area contributed by atoms with Gasteiger partial charge >= 0.3 is 0 Å². The largest absolute Gasteiger partial charge is 0.245 e. The maximum atomic E-state index is 5.53. The highest BCUT2D eigenvalue weighted by Crippen LogP contribution is 2.00. The summed E-state index contributed by atoms with van der Waals surface area (Å²) in [5.41, 5.74) is 1.18. The van der Waals surface area contributed by atoms with Crippen LogP contribution in [-0.4, -0.2) is 9.97 Å². The molecule has 72 valence electrons. The average Bonchev–Trinajstić information content (AvgIpc) is 2.33. The van der Waals surface area contributed by atoms with Crippen molar-refractivity contribution in [1.29, 1.82) is 0 Å². The standard InChI is InChI=1S/C7H7Cl.C4H4N2/c8-6-7-4-2-1-3-5-7;1-2-5-4-6-3-1/h1-5H,6H2;1-4H. The predicted molar refractivity (Wildman–Crippen MR) is 58.0 cm³/mol. The molecule has 1 aromatic heterocycles. The van der Waals surface area contributed by atoms with Crippen LogP contribution in [0.3, 0.4) is 0 Å². The normalized spacial score (nSPS) is 8.64. The fraction of sp³-hybridized carbons (Fsp3) is 0.0909. The SMILES string of the molecule is ClCc1ccccc1.c1cncnc1. The average molecular weight is 207 g/mol. The van der Waals surface area contributed by atoms with Crippen LogP contribution in [0.2, 0.25) is 0 Å². The van der Waals surface area contributed by atoms with Gasteiger partial charge in [0.25, 0.3) is 0 Å². The van der Waals surface area contributed by atoms with E-state index in [1.807, 2.05) is 30.3 Å². The molecule has 0 radical (unpaired) electrons. The van der Waals surface area contributed by atoms with E-state index in [0.717, 1.165) is 0 Å². The molecule has 1 heterocycles. The van der Waals surface area contributed by atoms with Crippen molar-refractivity contribution in [3.63, 3.8) is 0 Å². The zero-order valence-electron chi connectivity index (χ0n) is 7.68. The maximum absolute atomic E-state index is 5.53. The van der Waals surface area contributed by atoms with Crippen molar-refractivity contribution in [2.24, 2.45) is 0 Å². The minimum Gasteiger partial charge on any atom is -0.245 e. The fourth-order valence-corrected chi connectivity index (χ4v) is 0.999. The Balaban J connectivity index is 0.000000146. The smallest absolute Gasteiger partial charge is 0.115 e. The Bertz CT molecular complexity index is 297. The number of alkyl halides is 1. The summed E-state index contributed by atoms with van der Waals surface area (Å²) in [7, 11) is 0. The lowest BCUT2D eigenvalue weighted by atomic mass is 10.2. The van der Waals surface area contributed by atoms with Crippen LogP contribution in [0.25, 0.3) is 0 Å². The molecule has 0 aliphatic carbocycles. The molecule has 2 nitrogen and oxygen atoms in total. The number of hydrogen-bond acceptors (Lipinski definition) is 2. The Kier molecular flexibility index (Phi) is 5.36. The minimum absolute atomic E-state index is 0.612. The first-order chi connectivity index (χ1) is 6.93. The summed E-state index contributed by atoms with van der Waals surface area (Å²) in [6.45, 7) is 0. The lowest BCUT2D eigenvalue weighted by Gasteiger charge is -1.88. The second kappa shape index (κ2) is 7.04. The molecule has 1 aromatic carbocycles. The molecule has 0 aliphatic heterocycles. The summed E-state index contributed by atoms with van der Waals surface area (Å²) in [6, 6.07) is 11.7. The molecular weight excluding hydrogens is 196 g/mol. The molecule has 0 saturated heterocycles. The molecule has 0 spiro atoms. The third-order valence-corrected chi connectivity index (χ3v) is 1.78.